The fraction of sp³-hybridized carbons (Fsp3) is 0.688. The van der Waals surface area contributed by atoms with E-state index in [0.29, 0.717) is 11.9 Å². The molecule has 0 amide bonds. The van der Waals surface area contributed by atoms with E-state index in [0.717, 1.165) is 18.5 Å². The molecule has 1 saturated carbocycles. The summed E-state index contributed by atoms with van der Waals surface area (Å²) in [6.45, 7) is 2.11. The Bertz CT molecular complexity index is 414. The zero-order valence-electron chi connectivity index (χ0n) is 12.3. The number of methoxy groups -OCH3 is 1. The molecule has 0 bridgehead atoms. The molecule has 1 saturated heterocycles. The van der Waals surface area contributed by atoms with Gasteiger partial charge in [0.25, 0.3) is 0 Å². The molecule has 3 unspecified atom stereocenters. The van der Waals surface area contributed by atoms with Crippen molar-refractivity contribution < 1.29 is 4.74 Å². The van der Waals surface area contributed by atoms with Gasteiger partial charge in [-0.15, -0.1) is 0 Å². The van der Waals surface area contributed by atoms with Gasteiger partial charge in [-0.2, -0.15) is 0 Å². The Balaban J connectivity index is 1.53. The predicted molar refractivity (Wildman–Crippen MR) is 79.8 cm³/mol. The van der Waals surface area contributed by atoms with Crippen LogP contribution < -0.4 is 15.4 Å². The van der Waals surface area contributed by atoms with Gasteiger partial charge in [-0.25, -0.2) is 4.98 Å². The van der Waals surface area contributed by atoms with E-state index < -0.39 is 0 Å². The molecule has 2 N–H and O–H groups in total. The number of hydrogen-bond acceptors (Lipinski definition) is 4. The van der Waals surface area contributed by atoms with E-state index in [9.17, 15) is 0 Å². The van der Waals surface area contributed by atoms with Crippen molar-refractivity contribution in [1.29, 1.82) is 0 Å². The topological polar surface area (TPSA) is 46.2 Å². The van der Waals surface area contributed by atoms with E-state index in [1.54, 1.807) is 7.11 Å². The first-order chi connectivity index (χ1) is 9.86. The van der Waals surface area contributed by atoms with Gasteiger partial charge in [-0.3, -0.25) is 0 Å². The van der Waals surface area contributed by atoms with Gasteiger partial charge < -0.3 is 15.4 Å². The van der Waals surface area contributed by atoms with Crippen molar-refractivity contribution in [3.05, 3.63) is 23.9 Å². The van der Waals surface area contributed by atoms with E-state index >= 15 is 0 Å². The SMILES string of the molecule is COc1ccc(CNC2CCCC2C2CCCN2)cn1. The fourth-order valence-corrected chi connectivity index (χ4v) is 3.69. The monoisotopic (exact) mass is 275 g/mol. The van der Waals surface area contributed by atoms with Crippen LogP contribution in [0.25, 0.3) is 0 Å². The van der Waals surface area contributed by atoms with E-state index in [2.05, 4.69) is 21.7 Å². The average molecular weight is 275 g/mol. The Hall–Kier alpha value is -1.13. The fourth-order valence-electron chi connectivity index (χ4n) is 3.69. The summed E-state index contributed by atoms with van der Waals surface area (Å²) >= 11 is 0. The Morgan fingerprint density at radius 1 is 1.30 bits per heavy atom. The van der Waals surface area contributed by atoms with Crippen molar-refractivity contribution in [2.75, 3.05) is 13.7 Å². The van der Waals surface area contributed by atoms with Crippen molar-refractivity contribution in [2.45, 2.75) is 50.7 Å². The third-order valence-corrected chi connectivity index (χ3v) is 4.76. The molecule has 0 radical (unpaired) electrons. The quantitative estimate of drug-likeness (QED) is 0.864. The summed E-state index contributed by atoms with van der Waals surface area (Å²) < 4.78 is 5.09. The van der Waals surface area contributed by atoms with Crippen LogP contribution in [0, 0.1) is 5.92 Å². The molecule has 20 heavy (non-hydrogen) atoms. The van der Waals surface area contributed by atoms with Crippen LogP contribution in [0.15, 0.2) is 18.3 Å². The van der Waals surface area contributed by atoms with Gasteiger partial charge >= 0.3 is 0 Å². The van der Waals surface area contributed by atoms with Crippen LogP contribution in [0.5, 0.6) is 5.88 Å². The minimum absolute atomic E-state index is 0.660. The second kappa shape index (κ2) is 6.55. The number of rotatable bonds is 5. The highest BCUT2D eigenvalue weighted by Crippen LogP contribution is 2.32. The smallest absolute Gasteiger partial charge is 0.212 e. The maximum Gasteiger partial charge on any atom is 0.212 e. The van der Waals surface area contributed by atoms with E-state index in [4.69, 9.17) is 4.74 Å². The molecule has 2 fully saturated rings. The van der Waals surface area contributed by atoms with Gasteiger partial charge in [-0.05, 0) is 43.7 Å². The lowest BCUT2D eigenvalue weighted by molar-refractivity contribution is 0.319. The van der Waals surface area contributed by atoms with E-state index in [1.807, 2.05) is 12.3 Å². The van der Waals surface area contributed by atoms with Gasteiger partial charge in [0, 0.05) is 30.9 Å². The van der Waals surface area contributed by atoms with Crippen LogP contribution in [0.1, 0.15) is 37.7 Å². The zero-order chi connectivity index (χ0) is 13.8. The molecule has 3 rings (SSSR count). The molecule has 1 aliphatic heterocycles. The standard InChI is InChI=1S/C16H25N3O/c1-20-16-8-7-12(11-19-16)10-18-15-5-2-4-13(15)14-6-3-9-17-14/h7-8,11,13-15,17-18H,2-6,9-10H2,1H3. The van der Waals surface area contributed by atoms with Crippen LogP contribution in [0.2, 0.25) is 0 Å². The molecular weight excluding hydrogens is 250 g/mol. The third-order valence-electron chi connectivity index (χ3n) is 4.76. The molecule has 1 aromatic heterocycles. The molecule has 3 atom stereocenters. The highest BCUT2D eigenvalue weighted by Gasteiger charge is 2.34. The van der Waals surface area contributed by atoms with Crippen molar-refractivity contribution in [3.63, 3.8) is 0 Å². The molecule has 4 nitrogen and oxygen atoms in total. The summed E-state index contributed by atoms with van der Waals surface area (Å²) in [4.78, 5) is 4.26. The maximum atomic E-state index is 5.09. The Labute approximate surface area is 121 Å². The average Bonchev–Trinajstić information content (AvgIpc) is 3.16. The first kappa shape index (κ1) is 13.8. The van der Waals surface area contributed by atoms with Gasteiger partial charge in [0.05, 0.1) is 7.11 Å². The lowest BCUT2D eigenvalue weighted by atomic mass is 9.93. The second-order valence-corrected chi connectivity index (χ2v) is 5.99. The summed E-state index contributed by atoms with van der Waals surface area (Å²) in [5.41, 5.74) is 1.23. The Kier molecular flexibility index (Phi) is 4.53. The van der Waals surface area contributed by atoms with E-state index in [-0.39, 0.29) is 0 Å². The highest BCUT2D eigenvalue weighted by atomic mass is 16.5. The molecular formula is C16H25N3O. The number of aromatic nitrogens is 1. The first-order valence-corrected chi connectivity index (χ1v) is 7.82. The first-order valence-electron chi connectivity index (χ1n) is 7.82. The third kappa shape index (κ3) is 3.13. The minimum atomic E-state index is 0.660. The Morgan fingerprint density at radius 3 is 2.95 bits per heavy atom. The highest BCUT2D eigenvalue weighted by molar-refractivity contribution is 5.17. The number of hydrogen-bond donors (Lipinski definition) is 2. The van der Waals surface area contributed by atoms with Crippen LogP contribution >= 0.6 is 0 Å². The molecule has 110 valence electrons. The number of ether oxygens (including phenoxy) is 1. The maximum absolute atomic E-state index is 5.09. The second-order valence-electron chi connectivity index (χ2n) is 5.99. The largest absolute Gasteiger partial charge is 0.481 e. The van der Waals surface area contributed by atoms with Gasteiger partial charge in [0.15, 0.2) is 0 Å². The molecule has 0 aromatic carbocycles. The van der Waals surface area contributed by atoms with Crippen LogP contribution in [-0.2, 0) is 6.54 Å². The van der Waals surface area contributed by atoms with Gasteiger partial charge in [0.1, 0.15) is 0 Å². The van der Waals surface area contributed by atoms with Crippen molar-refractivity contribution >= 4 is 0 Å². The van der Waals surface area contributed by atoms with Gasteiger partial charge in [-0.1, -0.05) is 12.5 Å². The van der Waals surface area contributed by atoms with Crippen molar-refractivity contribution in [2.24, 2.45) is 5.92 Å². The van der Waals surface area contributed by atoms with Crippen molar-refractivity contribution in [1.82, 2.24) is 15.6 Å². The molecule has 1 aromatic rings. The van der Waals surface area contributed by atoms with Crippen LogP contribution in [-0.4, -0.2) is 30.7 Å². The lowest BCUT2D eigenvalue weighted by Gasteiger charge is -2.26. The normalized spacial score (nSPS) is 29.8. The minimum Gasteiger partial charge on any atom is -0.481 e. The zero-order valence-corrected chi connectivity index (χ0v) is 12.3. The summed E-state index contributed by atoms with van der Waals surface area (Å²) in [5, 5.41) is 7.41. The predicted octanol–water partition coefficient (Wildman–Crippen LogP) is 2.10. The molecule has 2 heterocycles. The molecule has 4 heteroatoms. The number of nitrogens with zero attached hydrogens (tertiary/aromatic N) is 1. The summed E-state index contributed by atoms with van der Waals surface area (Å²) in [5.74, 6) is 1.49. The summed E-state index contributed by atoms with van der Waals surface area (Å²) in [6, 6.07) is 5.43. The lowest BCUT2D eigenvalue weighted by Crippen LogP contribution is -2.41. The van der Waals surface area contributed by atoms with Crippen LogP contribution in [0.4, 0.5) is 0 Å². The van der Waals surface area contributed by atoms with Gasteiger partial charge in [0.2, 0.25) is 5.88 Å². The molecule has 2 aliphatic rings. The Morgan fingerprint density at radius 2 is 2.25 bits per heavy atom. The molecule has 1 aliphatic carbocycles. The summed E-state index contributed by atoms with van der Waals surface area (Å²) in [7, 11) is 1.65. The van der Waals surface area contributed by atoms with Crippen molar-refractivity contribution in [3.8, 4) is 5.88 Å². The number of pyridine rings is 1. The summed E-state index contributed by atoms with van der Waals surface area (Å²) in [6.07, 6.45) is 8.65. The van der Waals surface area contributed by atoms with E-state index in [1.165, 1.54) is 44.2 Å². The van der Waals surface area contributed by atoms with Crippen LogP contribution in [0.3, 0.4) is 0 Å². The molecule has 0 spiro atoms. The number of nitrogens with one attached hydrogen (secondary N) is 2.